The zero-order valence-electron chi connectivity index (χ0n) is 18.9. The molecular formula is C25H28N4O2S2. The van der Waals surface area contributed by atoms with Crippen LogP contribution in [0.25, 0.3) is 0 Å². The molecule has 1 aliphatic rings. The lowest BCUT2D eigenvalue weighted by Gasteiger charge is -2.16. The van der Waals surface area contributed by atoms with Gasteiger partial charge in [-0.05, 0) is 48.4 Å². The Morgan fingerprint density at radius 1 is 1.15 bits per heavy atom. The summed E-state index contributed by atoms with van der Waals surface area (Å²) in [6.45, 7) is 4.84. The fraction of sp³-hybridized carbons (Fsp3) is 0.360. The minimum Gasteiger partial charge on any atom is -0.312 e. The number of carbonyl (C=O) groups excluding carboxylic acids is 2. The van der Waals surface area contributed by atoms with Crippen LogP contribution in [0.5, 0.6) is 0 Å². The molecule has 1 N–H and O–H groups in total. The van der Waals surface area contributed by atoms with Gasteiger partial charge >= 0.3 is 0 Å². The van der Waals surface area contributed by atoms with Gasteiger partial charge in [-0.15, -0.1) is 22.0 Å². The number of aryl methyl sites for hydroxylation is 1. The van der Waals surface area contributed by atoms with Crippen molar-refractivity contribution >= 4 is 45.7 Å². The van der Waals surface area contributed by atoms with Gasteiger partial charge in [-0.3, -0.25) is 14.9 Å². The van der Waals surface area contributed by atoms with Crippen molar-refractivity contribution in [2.45, 2.75) is 50.3 Å². The van der Waals surface area contributed by atoms with Crippen LogP contribution in [0.3, 0.4) is 0 Å². The summed E-state index contributed by atoms with van der Waals surface area (Å²) < 4.78 is 0. The number of benzene rings is 2. The van der Waals surface area contributed by atoms with E-state index in [1.807, 2.05) is 41.3 Å². The molecule has 1 aliphatic heterocycles. The van der Waals surface area contributed by atoms with Gasteiger partial charge < -0.3 is 4.90 Å². The van der Waals surface area contributed by atoms with Crippen LogP contribution in [0.15, 0.2) is 53.4 Å². The van der Waals surface area contributed by atoms with Gasteiger partial charge in [-0.1, -0.05) is 55.9 Å². The van der Waals surface area contributed by atoms with Crippen LogP contribution in [0, 0.1) is 0 Å². The number of nitrogens with one attached hydrogen (secondary N) is 1. The normalized spacial score (nSPS) is 15.8. The number of amides is 2. The van der Waals surface area contributed by atoms with Gasteiger partial charge in [-0.2, -0.15) is 0 Å². The second-order valence-corrected chi connectivity index (χ2v) is 10.2. The molecule has 0 spiro atoms. The number of aromatic nitrogens is 2. The Bertz CT molecular complexity index is 1110. The molecule has 2 amide bonds. The van der Waals surface area contributed by atoms with E-state index in [4.69, 9.17) is 0 Å². The fourth-order valence-electron chi connectivity index (χ4n) is 3.76. The van der Waals surface area contributed by atoms with Gasteiger partial charge in [0.2, 0.25) is 11.0 Å². The largest absolute Gasteiger partial charge is 0.312 e. The maximum absolute atomic E-state index is 12.9. The number of hydrogen-bond donors (Lipinski definition) is 1. The Kier molecular flexibility index (Phi) is 7.77. The highest BCUT2D eigenvalue weighted by atomic mass is 32.2. The van der Waals surface area contributed by atoms with Gasteiger partial charge in [-0.25, -0.2) is 0 Å². The summed E-state index contributed by atoms with van der Waals surface area (Å²) >= 11 is 3.05. The monoisotopic (exact) mass is 480 g/mol. The molecule has 0 bridgehead atoms. The zero-order valence-corrected chi connectivity index (χ0v) is 20.5. The van der Waals surface area contributed by atoms with Gasteiger partial charge in [0.15, 0.2) is 0 Å². The van der Waals surface area contributed by atoms with Crippen LogP contribution in [0.1, 0.15) is 60.0 Å². The Morgan fingerprint density at radius 2 is 1.94 bits per heavy atom. The van der Waals surface area contributed by atoms with E-state index in [9.17, 15) is 9.59 Å². The third kappa shape index (κ3) is 5.62. The topological polar surface area (TPSA) is 75.2 Å². The highest BCUT2D eigenvalue weighted by molar-refractivity contribution is 7.99. The van der Waals surface area contributed by atoms with Crippen LogP contribution < -0.4 is 10.2 Å². The molecule has 8 heteroatoms. The summed E-state index contributed by atoms with van der Waals surface area (Å²) in [7, 11) is 0. The first-order chi connectivity index (χ1) is 16.1. The fourth-order valence-corrected chi connectivity index (χ4v) is 5.73. The first kappa shape index (κ1) is 23.4. The van der Waals surface area contributed by atoms with Crippen LogP contribution in [-0.2, 0) is 11.2 Å². The zero-order chi connectivity index (χ0) is 23.2. The second-order valence-electron chi connectivity index (χ2n) is 8.02. The van der Waals surface area contributed by atoms with Crippen molar-refractivity contribution in [1.29, 1.82) is 0 Å². The molecule has 6 nitrogen and oxygen atoms in total. The van der Waals surface area contributed by atoms with Crippen molar-refractivity contribution in [3.05, 3.63) is 64.7 Å². The molecule has 0 saturated carbocycles. The van der Waals surface area contributed by atoms with Crippen molar-refractivity contribution in [2.75, 3.05) is 22.5 Å². The first-order valence-corrected chi connectivity index (χ1v) is 13.1. The molecule has 2 aromatic carbocycles. The summed E-state index contributed by atoms with van der Waals surface area (Å²) in [5.41, 5.74) is 2.81. The second kappa shape index (κ2) is 10.9. The SMILES string of the molecule is CCCCSc1ccccc1C(=O)Nc1nnc(C2CC(=O)N(c3ccc(CC)cc3)C2)s1. The quantitative estimate of drug-likeness (QED) is 0.311. The van der Waals surface area contributed by atoms with Gasteiger partial charge in [0, 0.05) is 29.5 Å². The number of thioether (sulfide) groups is 1. The van der Waals surface area contributed by atoms with E-state index in [0.29, 0.717) is 23.7 Å². The summed E-state index contributed by atoms with van der Waals surface area (Å²) in [6, 6.07) is 15.8. The number of anilines is 2. The average molecular weight is 481 g/mol. The Labute approximate surface area is 202 Å². The molecule has 0 radical (unpaired) electrons. The van der Waals surface area contributed by atoms with E-state index in [1.165, 1.54) is 16.9 Å². The predicted octanol–water partition coefficient (Wildman–Crippen LogP) is 5.77. The lowest BCUT2D eigenvalue weighted by Crippen LogP contribution is -2.24. The highest BCUT2D eigenvalue weighted by Crippen LogP contribution is 2.34. The number of nitrogens with zero attached hydrogens (tertiary/aromatic N) is 3. The predicted molar refractivity (Wildman–Crippen MR) is 135 cm³/mol. The highest BCUT2D eigenvalue weighted by Gasteiger charge is 2.34. The summed E-state index contributed by atoms with van der Waals surface area (Å²) in [5.74, 6) is 0.862. The van der Waals surface area contributed by atoms with Gasteiger partial charge in [0.1, 0.15) is 5.01 Å². The van der Waals surface area contributed by atoms with Crippen molar-refractivity contribution < 1.29 is 9.59 Å². The van der Waals surface area contributed by atoms with E-state index in [1.54, 1.807) is 11.8 Å². The van der Waals surface area contributed by atoms with Gasteiger partial charge in [0.25, 0.3) is 5.91 Å². The molecule has 1 atom stereocenters. The smallest absolute Gasteiger partial charge is 0.258 e. The maximum Gasteiger partial charge on any atom is 0.258 e. The molecule has 1 fully saturated rings. The van der Waals surface area contributed by atoms with E-state index in [0.717, 1.165) is 40.6 Å². The Balaban J connectivity index is 1.41. The van der Waals surface area contributed by atoms with Crippen LogP contribution in [-0.4, -0.2) is 34.3 Å². The van der Waals surface area contributed by atoms with Crippen molar-refractivity contribution in [2.24, 2.45) is 0 Å². The van der Waals surface area contributed by atoms with E-state index in [2.05, 4.69) is 41.5 Å². The van der Waals surface area contributed by atoms with E-state index < -0.39 is 0 Å². The van der Waals surface area contributed by atoms with Crippen LogP contribution in [0.2, 0.25) is 0 Å². The lowest BCUT2D eigenvalue weighted by molar-refractivity contribution is -0.117. The molecule has 3 aromatic rings. The van der Waals surface area contributed by atoms with Gasteiger partial charge in [0.05, 0.1) is 5.56 Å². The number of rotatable bonds is 9. The average Bonchev–Trinajstić information content (AvgIpc) is 3.46. The third-order valence-electron chi connectivity index (χ3n) is 5.68. The standard InChI is InChI=1S/C25H28N4O2S2/c1-3-5-14-32-21-9-7-6-8-20(21)23(31)26-25-28-27-24(33-25)18-15-22(30)29(16-18)19-12-10-17(4-2)11-13-19/h6-13,18H,3-5,14-16H2,1-2H3,(H,26,28,31). The Morgan fingerprint density at radius 3 is 2.70 bits per heavy atom. The van der Waals surface area contributed by atoms with Crippen molar-refractivity contribution in [3.8, 4) is 0 Å². The molecule has 4 rings (SSSR count). The number of hydrogen-bond acceptors (Lipinski definition) is 6. The molecular weight excluding hydrogens is 452 g/mol. The minimum absolute atomic E-state index is 0.0246. The minimum atomic E-state index is -0.183. The summed E-state index contributed by atoms with van der Waals surface area (Å²) in [4.78, 5) is 28.3. The Hall–Kier alpha value is -2.71. The van der Waals surface area contributed by atoms with Crippen molar-refractivity contribution in [3.63, 3.8) is 0 Å². The third-order valence-corrected chi connectivity index (χ3v) is 7.84. The molecule has 1 unspecified atom stereocenters. The molecule has 33 heavy (non-hydrogen) atoms. The van der Waals surface area contributed by atoms with Crippen LogP contribution >= 0.6 is 23.1 Å². The van der Waals surface area contributed by atoms with E-state index in [-0.39, 0.29) is 17.7 Å². The molecule has 1 aromatic heterocycles. The number of carbonyl (C=O) groups is 2. The van der Waals surface area contributed by atoms with E-state index >= 15 is 0 Å². The molecule has 2 heterocycles. The first-order valence-electron chi connectivity index (χ1n) is 11.3. The number of unbranched alkanes of at least 4 members (excludes halogenated alkanes) is 1. The van der Waals surface area contributed by atoms with Crippen molar-refractivity contribution in [1.82, 2.24) is 10.2 Å². The lowest BCUT2D eigenvalue weighted by atomic mass is 10.1. The maximum atomic E-state index is 12.9. The molecule has 0 aliphatic carbocycles. The summed E-state index contributed by atoms with van der Waals surface area (Å²) in [5, 5.41) is 12.6. The molecule has 1 saturated heterocycles. The van der Waals surface area contributed by atoms with Crippen LogP contribution in [0.4, 0.5) is 10.8 Å². The summed E-state index contributed by atoms with van der Waals surface area (Å²) in [6.07, 6.45) is 3.60. The molecule has 172 valence electrons.